The third kappa shape index (κ3) is 4.44. The lowest BCUT2D eigenvalue weighted by Crippen LogP contribution is -2.56. The van der Waals surface area contributed by atoms with E-state index in [0.29, 0.717) is 36.3 Å². The van der Waals surface area contributed by atoms with E-state index < -0.39 is 33.1 Å². The monoisotopic (exact) mass is 584 g/mol. The normalized spacial score (nSPS) is 24.1. The number of aliphatic hydroxyl groups is 1. The number of aliphatic hydroxyl groups excluding tert-OH is 1. The number of imidazole rings is 1. The number of nitrogens with zero attached hydrogens (tertiary/aromatic N) is 4. The summed E-state index contributed by atoms with van der Waals surface area (Å²) in [7, 11) is -8.46. The van der Waals surface area contributed by atoms with Crippen LogP contribution in [0.2, 0.25) is 0 Å². The molecular formula is C26H25F5N4O4S. The lowest BCUT2D eigenvalue weighted by atomic mass is 9.99. The van der Waals surface area contributed by atoms with Crippen molar-refractivity contribution in [1.29, 1.82) is 0 Å². The number of amidine groups is 1. The number of oxime groups is 1. The first kappa shape index (κ1) is 26.4. The van der Waals surface area contributed by atoms with Crippen molar-refractivity contribution in [1.82, 2.24) is 14.5 Å². The average Bonchev–Trinajstić information content (AvgIpc) is 3.31. The van der Waals surface area contributed by atoms with Gasteiger partial charge in [0.25, 0.3) is 5.72 Å². The summed E-state index contributed by atoms with van der Waals surface area (Å²) < 4.78 is 81.8. The Morgan fingerprint density at radius 2 is 1.90 bits per heavy atom. The maximum absolute atomic E-state index is 13.6. The van der Waals surface area contributed by atoms with Crippen LogP contribution in [0.5, 0.6) is 5.75 Å². The molecule has 1 aromatic heterocycles. The van der Waals surface area contributed by atoms with Gasteiger partial charge in [-0.3, -0.25) is 0 Å². The minimum atomic E-state index is -9.99. The zero-order valence-corrected chi connectivity index (χ0v) is 22.2. The summed E-state index contributed by atoms with van der Waals surface area (Å²) in [6.07, 6.45) is 6.47. The molecule has 40 heavy (non-hydrogen) atoms. The molecule has 3 aromatic rings. The molecule has 0 radical (unpaired) electrons. The zero-order valence-electron chi connectivity index (χ0n) is 21.4. The summed E-state index contributed by atoms with van der Waals surface area (Å²) >= 11 is 0. The highest BCUT2D eigenvalue weighted by molar-refractivity contribution is 8.45. The first-order chi connectivity index (χ1) is 18.6. The Kier molecular flexibility index (Phi) is 5.23. The van der Waals surface area contributed by atoms with Gasteiger partial charge >= 0.3 is 10.2 Å². The summed E-state index contributed by atoms with van der Waals surface area (Å²) in [6, 6.07) is 8.10. The van der Waals surface area contributed by atoms with E-state index in [-0.39, 0.29) is 23.7 Å². The van der Waals surface area contributed by atoms with Gasteiger partial charge in [0.05, 0.1) is 31.4 Å². The molecule has 1 saturated heterocycles. The van der Waals surface area contributed by atoms with Crippen LogP contribution >= 0.6 is 10.2 Å². The van der Waals surface area contributed by atoms with Crippen LogP contribution in [-0.2, 0) is 15.3 Å². The van der Waals surface area contributed by atoms with E-state index in [4.69, 9.17) is 14.3 Å². The maximum Gasteiger partial charge on any atom is 0.310 e. The molecule has 214 valence electrons. The van der Waals surface area contributed by atoms with E-state index in [2.05, 4.69) is 10.1 Å². The van der Waals surface area contributed by atoms with Gasteiger partial charge in [-0.05, 0) is 55.7 Å². The first-order valence-electron chi connectivity index (χ1n) is 12.2. The number of fused-ring (bicyclic) bond motifs is 1. The first-order valence-corrected chi connectivity index (χ1v) is 14.2. The van der Waals surface area contributed by atoms with E-state index in [0.717, 1.165) is 17.4 Å². The molecule has 1 unspecified atom stereocenters. The number of aromatic nitrogens is 2. The van der Waals surface area contributed by atoms with Crippen LogP contribution in [0.4, 0.5) is 19.4 Å². The lowest BCUT2D eigenvalue weighted by molar-refractivity contribution is -0.149. The third-order valence-corrected chi connectivity index (χ3v) is 8.36. The number of aryl methyl sites for hydroxylation is 1. The van der Waals surface area contributed by atoms with Crippen LogP contribution in [0, 0.1) is 6.92 Å². The van der Waals surface area contributed by atoms with Crippen molar-refractivity contribution in [2.45, 2.75) is 36.0 Å². The summed E-state index contributed by atoms with van der Waals surface area (Å²) in [6.45, 7) is 1.15. The van der Waals surface area contributed by atoms with Crippen LogP contribution < -0.4 is 4.74 Å². The number of halogens is 5. The number of ether oxygens (including phenoxy) is 2. The van der Waals surface area contributed by atoms with Gasteiger partial charge in [0.15, 0.2) is 5.76 Å². The van der Waals surface area contributed by atoms with Gasteiger partial charge in [-0.25, -0.2) is 4.98 Å². The number of hydrogen-bond acceptors (Lipinski definition) is 7. The SMILES string of the molecule is COc1cc(/C=C2\OC3(CC3)CN3C2=NOC3(CO)c2cccc(S(F)(F)(F)(F)F)c2)ccc1-n1cnc(C)c1. The van der Waals surface area contributed by atoms with Crippen molar-refractivity contribution in [2.75, 3.05) is 20.3 Å². The predicted molar refractivity (Wildman–Crippen MR) is 138 cm³/mol. The van der Waals surface area contributed by atoms with Crippen LogP contribution in [-0.4, -0.2) is 51.3 Å². The summed E-state index contributed by atoms with van der Waals surface area (Å²) in [5.41, 5.74) is -0.700. The topological polar surface area (TPSA) is 81.3 Å². The molecule has 2 aliphatic heterocycles. The van der Waals surface area contributed by atoms with Gasteiger partial charge in [-0.2, -0.15) is 0 Å². The molecule has 0 bridgehead atoms. The molecule has 1 atom stereocenters. The molecule has 3 aliphatic rings. The fraction of sp³-hybridized carbons (Fsp3) is 0.308. The molecule has 1 saturated carbocycles. The third-order valence-electron chi connectivity index (χ3n) is 7.21. The second-order valence-corrected chi connectivity index (χ2v) is 12.6. The number of hydrogen-bond donors (Lipinski definition) is 1. The Morgan fingerprint density at radius 3 is 2.52 bits per heavy atom. The largest absolute Gasteiger partial charge is 0.495 e. The van der Waals surface area contributed by atoms with Crippen LogP contribution in [0.15, 0.2) is 70.8 Å². The molecular weight excluding hydrogens is 559 g/mol. The van der Waals surface area contributed by atoms with Gasteiger partial charge in [0.1, 0.15) is 22.9 Å². The number of methoxy groups -OCH3 is 1. The molecule has 2 fully saturated rings. The predicted octanol–water partition coefficient (Wildman–Crippen LogP) is 6.24. The summed E-state index contributed by atoms with van der Waals surface area (Å²) in [4.78, 5) is 9.22. The highest BCUT2D eigenvalue weighted by Crippen LogP contribution is 3.02. The van der Waals surface area contributed by atoms with Crippen LogP contribution in [0.25, 0.3) is 11.8 Å². The molecule has 2 aromatic carbocycles. The second-order valence-electron chi connectivity index (χ2n) is 10.2. The molecule has 3 heterocycles. The van der Waals surface area contributed by atoms with E-state index in [1.807, 2.05) is 29.8 Å². The number of benzene rings is 2. The van der Waals surface area contributed by atoms with Gasteiger partial charge in [-0.15, -0.1) is 0 Å². The lowest BCUT2D eigenvalue weighted by Gasteiger charge is -2.43. The Hall–Kier alpha value is -3.78. The minimum Gasteiger partial charge on any atom is -0.495 e. The minimum absolute atomic E-state index is 0.123. The molecule has 1 spiro atoms. The van der Waals surface area contributed by atoms with E-state index >= 15 is 0 Å². The van der Waals surface area contributed by atoms with Gasteiger partial charge in [0, 0.05) is 11.8 Å². The highest BCUT2D eigenvalue weighted by Gasteiger charge is 2.66. The van der Waals surface area contributed by atoms with E-state index in [9.17, 15) is 24.5 Å². The highest BCUT2D eigenvalue weighted by atomic mass is 32.5. The number of morpholine rings is 1. The van der Waals surface area contributed by atoms with Crippen molar-refractivity contribution < 1.29 is 38.8 Å². The summed E-state index contributed by atoms with van der Waals surface area (Å²) in [5, 5.41) is 14.5. The Bertz CT molecular complexity index is 1590. The van der Waals surface area contributed by atoms with Crippen molar-refractivity contribution in [3.05, 3.63) is 77.6 Å². The van der Waals surface area contributed by atoms with Crippen molar-refractivity contribution in [2.24, 2.45) is 5.16 Å². The Labute approximate surface area is 226 Å². The fourth-order valence-corrected chi connectivity index (χ4v) is 5.64. The van der Waals surface area contributed by atoms with Gasteiger partial charge < -0.3 is 28.9 Å². The average molecular weight is 585 g/mol. The molecule has 0 amide bonds. The van der Waals surface area contributed by atoms with Crippen molar-refractivity contribution in [3.63, 3.8) is 0 Å². The van der Waals surface area contributed by atoms with Crippen molar-refractivity contribution in [3.8, 4) is 11.4 Å². The van der Waals surface area contributed by atoms with Crippen LogP contribution in [0.1, 0.15) is 29.7 Å². The Balaban J connectivity index is 1.39. The fourth-order valence-electron chi connectivity index (χ4n) is 4.96. The summed E-state index contributed by atoms with van der Waals surface area (Å²) in [5.74, 6) is 0.927. The Morgan fingerprint density at radius 1 is 1.12 bits per heavy atom. The molecule has 14 heteroatoms. The standard InChI is InChI=1S/C26H25F5N4O4S/c1-17-13-34(16-32-17)21-7-6-18(10-22(21)37-2)11-23-24-33-39-26(15-36,35(24)14-25(38-23)8-9-25)19-4-3-5-20(12-19)40(27,28,29,30)31/h3-7,10-13,16,36H,8-9,14-15H2,1-2H3/b23-11-. The molecule has 1 aliphatic carbocycles. The second kappa shape index (κ2) is 7.91. The van der Waals surface area contributed by atoms with E-state index in [1.54, 1.807) is 18.5 Å². The smallest absolute Gasteiger partial charge is 0.310 e. The quantitative estimate of drug-likeness (QED) is 0.346. The van der Waals surface area contributed by atoms with Crippen LogP contribution in [0.3, 0.4) is 0 Å². The molecule has 6 rings (SSSR count). The zero-order chi connectivity index (χ0) is 28.6. The number of rotatable bonds is 6. The molecule has 1 N–H and O–H groups in total. The van der Waals surface area contributed by atoms with Gasteiger partial charge in [0.2, 0.25) is 5.84 Å². The maximum atomic E-state index is 13.6. The molecule has 8 nitrogen and oxygen atoms in total. The van der Waals surface area contributed by atoms with E-state index in [1.165, 1.54) is 18.1 Å². The van der Waals surface area contributed by atoms with Gasteiger partial charge in [-0.1, -0.05) is 42.8 Å². The van der Waals surface area contributed by atoms with Crippen molar-refractivity contribution >= 4 is 22.1 Å².